The Balaban J connectivity index is 2.68. The molecule has 1 saturated heterocycles. The first-order chi connectivity index (χ1) is 28.4. The third kappa shape index (κ3) is 16.1. The van der Waals surface area contributed by atoms with Crippen LogP contribution in [0.3, 0.4) is 0 Å². The summed E-state index contributed by atoms with van der Waals surface area (Å²) in [7, 11) is 2.39. The van der Waals surface area contributed by atoms with Gasteiger partial charge in [0, 0.05) is 17.7 Å². The van der Waals surface area contributed by atoms with Crippen LogP contribution in [0.25, 0.3) is 6.08 Å². The molecular weight excluding hydrogens is 805 g/mol. The predicted octanol–water partition coefficient (Wildman–Crippen LogP) is 3.25. The zero-order chi connectivity index (χ0) is 45.1. The van der Waals surface area contributed by atoms with Gasteiger partial charge >= 0.3 is 0 Å². The Kier molecular flexibility index (Phi) is 22.8. The Morgan fingerprint density at radius 1 is 0.650 bits per heavy atom. The molecule has 17 heteroatoms. The minimum atomic E-state index is -1.14. The summed E-state index contributed by atoms with van der Waals surface area (Å²) < 4.78 is 0. The number of carbonyl (C=O) groups is 7. The number of nitrogens with two attached hydrogens (primary N) is 1. The highest BCUT2D eigenvalue weighted by molar-refractivity contribution is 8.76. The van der Waals surface area contributed by atoms with E-state index in [1.165, 1.54) is 27.8 Å². The summed E-state index contributed by atoms with van der Waals surface area (Å²) in [4.78, 5) is 97.6. The highest BCUT2D eigenvalue weighted by Crippen LogP contribution is 2.24. The molecule has 0 radical (unpaired) electrons. The summed E-state index contributed by atoms with van der Waals surface area (Å²) >= 11 is 0. The molecule has 0 bridgehead atoms. The van der Waals surface area contributed by atoms with E-state index >= 15 is 0 Å². The van der Waals surface area contributed by atoms with Crippen LogP contribution in [-0.2, 0) is 33.6 Å². The van der Waals surface area contributed by atoms with E-state index in [2.05, 4.69) is 37.2 Å². The second-order valence-electron chi connectivity index (χ2n) is 16.2. The molecule has 0 unspecified atom stereocenters. The van der Waals surface area contributed by atoms with E-state index < -0.39 is 83.6 Å². The SMILES string of the molecule is CC[C@@H](C)[C@@H]1NC(=O)[C@@H](NC(=O)[C@@H](N)C(C)C)CSSC[C@H](C(=O)N/C=C\c2ccccc2)NC(=O)[C@H]([C@@H](C)CC)NC(=O)[C@H]([C@H](C)CC)NC(=O)[C@H]([C@H](C)CC)NC1=O. The van der Waals surface area contributed by atoms with Gasteiger partial charge < -0.3 is 43.0 Å². The van der Waals surface area contributed by atoms with Crippen molar-refractivity contribution in [3.05, 3.63) is 42.1 Å². The highest BCUT2D eigenvalue weighted by atomic mass is 33.1. The van der Waals surface area contributed by atoms with Crippen LogP contribution >= 0.6 is 21.6 Å². The number of hydrogen-bond acceptors (Lipinski definition) is 10. The summed E-state index contributed by atoms with van der Waals surface area (Å²) in [5.41, 5.74) is 7.01. The quantitative estimate of drug-likeness (QED) is 0.127. The normalized spacial score (nSPS) is 25.6. The lowest BCUT2D eigenvalue weighted by molar-refractivity contribution is -0.137. The average molecular weight is 875 g/mol. The molecule has 1 aromatic carbocycles. The van der Waals surface area contributed by atoms with Gasteiger partial charge in [-0.1, -0.05) is 147 Å². The summed E-state index contributed by atoms with van der Waals surface area (Å²) in [5, 5.41) is 19.8. The number of amides is 7. The lowest BCUT2D eigenvalue weighted by Gasteiger charge is -2.33. The standard InChI is InChI=1S/C43H70N8O7S2/c1-11-25(7)33-40(55)47-30(37(52)45-21-20-29-18-16-15-17-19-29)22-59-60-23-31(46-39(54)32(44)24(5)6)38(53)48-34(26(8)12-2)41(56)50-36(28(10)14-4)43(58)51-35(27(9)13-3)42(57)49-33/h15-21,24-28,30-36H,11-14,22-23,44H2,1-10H3,(H,45,52)(H,46,54)(H,47,55)(H,48,53)(H,49,57)(H,50,56)(H,51,58)/b21-20-/t25-,26+,27+,28+,30+,31-,32-,33-,34-,35-,36-/m0/s1. The number of hydrogen-bond donors (Lipinski definition) is 8. The van der Waals surface area contributed by atoms with Crippen molar-refractivity contribution in [2.75, 3.05) is 11.5 Å². The highest BCUT2D eigenvalue weighted by Gasteiger charge is 2.38. The molecule has 1 aliphatic heterocycles. The number of carbonyl (C=O) groups excluding carboxylic acids is 7. The van der Waals surface area contributed by atoms with Crippen molar-refractivity contribution in [2.45, 2.75) is 137 Å². The van der Waals surface area contributed by atoms with Crippen LogP contribution in [-0.4, -0.2) is 95.1 Å². The summed E-state index contributed by atoms with van der Waals surface area (Å²) in [6.45, 7) is 18.3. The van der Waals surface area contributed by atoms with Gasteiger partial charge in [-0.3, -0.25) is 33.6 Å². The van der Waals surface area contributed by atoms with E-state index in [-0.39, 0.29) is 41.1 Å². The second-order valence-corrected chi connectivity index (χ2v) is 18.8. The fourth-order valence-corrected chi connectivity index (χ4v) is 8.43. The van der Waals surface area contributed by atoms with Gasteiger partial charge in [-0.2, -0.15) is 0 Å². The van der Waals surface area contributed by atoms with Crippen molar-refractivity contribution in [3.8, 4) is 0 Å². The van der Waals surface area contributed by atoms with Crippen molar-refractivity contribution >= 4 is 69.0 Å². The number of benzene rings is 1. The molecule has 0 saturated carbocycles. The van der Waals surface area contributed by atoms with Crippen molar-refractivity contribution < 1.29 is 33.6 Å². The monoisotopic (exact) mass is 874 g/mol. The maximum absolute atomic E-state index is 14.2. The van der Waals surface area contributed by atoms with Crippen molar-refractivity contribution in [2.24, 2.45) is 35.3 Å². The first kappa shape index (κ1) is 52.0. The zero-order valence-electron chi connectivity index (χ0n) is 37.0. The topological polar surface area (TPSA) is 230 Å². The molecule has 1 aliphatic rings. The molecule has 0 spiro atoms. The first-order valence-corrected chi connectivity index (χ1v) is 23.7. The minimum absolute atomic E-state index is 0.0124. The van der Waals surface area contributed by atoms with Crippen LogP contribution in [0.5, 0.6) is 0 Å². The van der Waals surface area contributed by atoms with Crippen molar-refractivity contribution in [1.29, 1.82) is 0 Å². The Hall–Kier alpha value is -4.09. The third-order valence-electron chi connectivity index (χ3n) is 11.3. The van der Waals surface area contributed by atoms with Crippen LogP contribution in [0.2, 0.25) is 0 Å². The van der Waals surface area contributed by atoms with E-state index in [0.29, 0.717) is 25.7 Å². The van der Waals surface area contributed by atoms with Crippen LogP contribution < -0.4 is 43.0 Å². The smallest absolute Gasteiger partial charge is 0.247 e. The van der Waals surface area contributed by atoms with Gasteiger partial charge in [0.15, 0.2) is 0 Å². The van der Waals surface area contributed by atoms with Gasteiger partial charge in [-0.15, -0.1) is 0 Å². The van der Waals surface area contributed by atoms with Gasteiger partial charge in [-0.25, -0.2) is 0 Å². The fraction of sp³-hybridized carbons (Fsp3) is 0.651. The minimum Gasteiger partial charge on any atom is -0.342 e. The van der Waals surface area contributed by atoms with Gasteiger partial charge in [-0.05, 0) is 41.2 Å². The molecule has 1 aromatic rings. The molecule has 60 heavy (non-hydrogen) atoms. The van der Waals surface area contributed by atoms with Crippen LogP contribution in [0.4, 0.5) is 0 Å². The summed E-state index contributed by atoms with van der Waals surface area (Å²) in [5.74, 6) is -5.71. The van der Waals surface area contributed by atoms with E-state index in [4.69, 9.17) is 5.73 Å². The van der Waals surface area contributed by atoms with E-state index in [1.807, 2.05) is 78.8 Å². The van der Waals surface area contributed by atoms with Gasteiger partial charge in [0.2, 0.25) is 41.4 Å². The van der Waals surface area contributed by atoms with E-state index in [1.54, 1.807) is 26.8 Å². The molecule has 1 fully saturated rings. The average Bonchev–Trinajstić information content (AvgIpc) is 3.24. The Morgan fingerprint density at radius 2 is 1.05 bits per heavy atom. The molecule has 9 N–H and O–H groups in total. The van der Waals surface area contributed by atoms with Crippen molar-refractivity contribution in [1.82, 2.24) is 37.2 Å². The largest absolute Gasteiger partial charge is 0.342 e. The lowest BCUT2D eigenvalue weighted by Crippen LogP contribution is -2.63. The maximum atomic E-state index is 14.2. The van der Waals surface area contributed by atoms with E-state index in [9.17, 15) is 33.6 Å². The molecule has 0 aliphatic carbocycles. The van der Waals surface area contributed by atoms with Crippen LogP contribution in [0.1, 0.15) is 100 Å². The van der Waals surface area contributed by atoms with Crippen LogP contribution in [0, 0.1) is 29.6 Å². The Bertz CT molecular complexity index is 1620. The summed E-state index contributed by atoms with van der Waals surface area (Å²) in [6, 6.07) is 1.88. The molecule has 15 nitrogen and oxygen atoms in total. The lowest BCUT2D eigenvalue weighted by atomic mass is 9.92. The fourth-order valence-electron chi connectivity index (χ4n) is 6.11. The van der Waals surface area contributed by atoms with Gasteiger partial charge in [0.05, 0.1) is 6.04 Å². The van der Waals surface area contributed by atoms with Crippen LogP contribution in [0.15, 0.2) is 36.5 Å². The third-order valence-corrected chi connectivity index (χ3v) is 13.7. The summed E-state index contributed by atoms with van der Waals surface area (Å²) in [6.07, 6.45) is 5.22. The van der Waals surface area contributed by atoms with Gasteiger partial charge in [0.1, 0.15) is 36.3 Å². The first-order valence-electron chi connectivity index (χ1n) is 21.2. The molecule has 11 atom stereocenters. The Labute approximate surface area is 364 Å². The molecule has 7 amide bonds. The number of nitrogens with one attached hydrogen (secondary N) is 7. The van der Waals surface area contributed by atoms with Gasteiger partial charge in [0.25, 0.3) is 0 Å². The molecule has 1 heterocycles. The molecular formula is C43H70N8O7S2. The predicted molar refractivity (Wildman–Crippen MR) is 241 cm³/mol. The molecule has 0 aromatic heterocycles. The Morgan fingerprint density at radius 3 is 1.47 bits per heavy atom. The van der Waals surface area contributed by atoms with E-state index in [0.717, 1.165) is 5.56 Å². The second kappa shape index (κ2) is 26.3. The molecule has 2 rings (SSSR count). The maximum Gasteiger partial charge on any atom is 0.247 e. The number of rotatable bonds is 14. The molecule has 336 valence electrons. The zero-order valence-corrected chi connectivity index (χ0v) is 38.6. The van der Waals surface area contributed by atoms with Crippen molar-refractivity contribution in [3.63, 3.8) is 0 Å².